The van der Waals surface area contributed by atoms with Crippen LogP contribution in [0.15, 0.2) is 48.5 Å². The number of benzene rings is 2. The molecule has 2 aromatic rings. The van der Waals surface area contributed by atoms with Gasteiger partial charge in [0.1, 0.15) is 5.75 Å². The highest BCUT2D eigenvalue weighted by molar-refractivity contribution is 5.31. The molecule has 28 heavy (non-hydrogen) atoms. The van der Waals surface area contributed by atoms with Crippen molar-refractivity contribution in [2.24, 2.45) is 0 Å². The Hall–Kier alpha value is -2.09. The summed E-state index contributed by atoms with van der Waals surface area (Å²) < 4.78 is 43.3. The lowest BCUT2D eigenvalue weighted by molar-refractivity contribution is -0.137. The third kappa shape index (κ3) is 4.66. The van der Waals surface area contributed by atoms with E-state index in [0.29, 0.717) is 43.8 Å². The second-order valence-corrected chi connectivity index (χ2v) is 7.20. The molecule has 3 rings (SSSR count). The van der Waals surface area contributed by atoms with Gasteiger partial charge < -0.3 is 19.8 Å². The molecule has 4 nitrogen and oxygen atoms in total. The lowest BCUT2D eigenvalue weighted by Gasteiger charge is -2.39. The fraction of sp³-hybridized carbons (Fsp3) is 0.429. The van der Waals surface area contributed by atoms with Gasteiger partial charge in [-0.15, -0.1) is 0 Å². The van der Waals surface area contributed by atoms with Crippen molar-refractivity contribution in [3.05, 3.63) is 65.2 Å². The van der Waals surface area contributed by atoms with Gasteiger partial charge in [-0.3, -0.25) is 0 Å². The zero-order valence-corrected chi connectivity index (χ0v) is 15.6. The van der Waals surface area contributed by atoms with Crippen LogP contribution in [0.3, 0.4) is 0 Å². The largest absolute Gasteiger partial charge is 0.497 e. The van der Waals surface area contributed by atoms with Crippen molar-refractivity contribution >= 4 is 0 Å². The zero-order chi connectivity index (χ0) is 20.4. The first-order valence-electron chi connectivity index (χ1n) is 9.16. The van der Waals surface area contributed by atoms with Crippen LogP contribution >= 0.6 is 0 Å². The Balaban J connectivity index is 1.60. The molecule has 1 aliphatic heterocycles. The summed E-state index contributed by atoms with van der Waals surface area (Å²) in [6.45, 7) is 1.49. The standard InChI is InChI=1S/C21H24F3NO3/c1-28-18-4-2-3-15(13-18)19(26)14-25-11-9-20(27,10-12-25)16-5-7-17(8-6-16)21(22,23)24/h2-8,13,19,26-27H,9-12,14H2,1H3. The van der Waals surface area contributed by atoms with E-state index in [1.54, 1.807) is 19.2 Å². The van der Waals surface area contributed by atoms with Crippen LogP contribution in [0.25, 0.3) is 0 Å². The van der Waals surface area contributed by atoms with Crippen LogP contribution in [-0.2, 0) is 11.8 Å². The molecule has 0 saturated carbocycles. The maximum absolute atomic E-state index is 12.7. The Labute approximate surface area is 162 Å². The number of piperidine rings is 1. The van der Waals surface area contributed by atoms with E-state index in [-0.39, 0.29) is 0 Å². The molecule has 0 bridgehead atoms. The third-order valence-electron chi connectivity index (χ3n) is 5.34. The van der Waals surface area contributed by atoms with Crippen molar-refractivity contribution in [2.45, 2.75) is 30.7 Å². The number of nitrogens with zero attached hydrogens (tertiary/aromatic N) is 1. The minimum atomic E-state index is -4.39. The molecular formula is C21H24F3NO3. The lowest BCUT2D eigenvalue weighted by Crippen LogP contribution is -2.44. The molecule has 1 atom stereocenters. The molecule has 7 heteroatoms. The summed E-state index contributed by atoms with van der Waals surface area (Å²) >= 11 is 0. The topological polar surface area (TPSA) is 52.9 Å². The van der Waals surface area contributed by atoms with E-state index in [9.17, 15) is 23.4 Å². The summed E-state index contributed by atoms with van der Waals surface area (Å²) in [6, 6.07) is 12.0. The van der Waals surface area contributed by atoms with E-state index < -0.39 is 23.4 Å². The molecule has 2 aromatic carbocycles. The Morgan fingerprint density at radius 3 is 2.32 bits per heavy atom. The second kappa shape index (κ2) is 8.11. The van der Waals surface area contributed by atoms with Gasteiger partial charge in [-0.1, -0.05) is 24.3 Å². The minimum absolute atomic E-state index is 0.392. The SMILES string of the molecule is COc1cccc(C(O)CN2CCC(O)(c3ccc(C(F)(F)F)cc3)CC2)c1. The van der Waals surface area contributed by atoms with Gasteiger partial charge >= 0.3 is 6.18 Å². The quantitative estimate of drug-likeness (QED) is 0.810. The number of rotatable bonds is 5. The molecule has 1 heterocycles. The summed E-state index contributed by atoms with van der Waals surface area (Å²) in [5, 5.41) is 21.4. The van der Waals surface area contributed by atoms with Gasteiger partial charge in [-0.2, -0.15) is 13.2 Å². The Bertz CT molecular complexity index is 784. The maximum Gasteiger partial charge on any atom is 0.416 e. The first-order valence-corrected chi connectivity index (χ1v) is 9.16. The van der Waals surface area contributed by atoms with E-state index >= 15 is 0 Å². The van der Waals surface area contributed by atoms with E-state index in [1.807, 2.05) is 17.0 Å². The molecule has 2 N–H and O–H groups in total. The van der Waals surface area contributed by atoms with Crippen molar-refractivity contribution in [1.82, 2.24) is 4.90 Å². The van der Waals surface area contributed by atoms with Gasteiger partial charge in [0, 0.05) is 19.6 Å². The van der Waals surface area contributed by atoms with Crippen LogP contribution in [0.2, 0.25) is 0 Å². The Morgan fingerprint density at radius 2 is 1.75 bits per heavy atom. The number of likely N-dealkylation sites (tertiary alicyclic amines) is 1. The summed E-state index contributed by atoms with van der Waals surface area (Å²) in [5.41, 5.74) is -0.628. The molecule has 0 aliphatic carbocycles. The van der Waals surface area contributed by atoms with Gasteiger partial charge in [0.25, 0.3) is 0 Å². The monoisotopic (exact) mass is 395 g/mol. The van der Waals surface area contributed by atoms with Crippen molar-refractivity contribution < 1.29 is 28.1 Å². The number of hydrogen-bond donors (Lipinski definition) is 2. The Morgan fingerprint density at radius 1 is 1.11 bits per heavy atom. The first kappa shape index (κ1) is 20.6. The average molecular weight is 395 g/mol. The van der Waals surface area contributed by atoms with Gasteiger partial charge in [0.2, 0.25) is 0 Å². The van der Waals surface area contributed by atoms with Crippen LogP contribution in [-0.4, -0.2) is 41.9 Å². The number of aliphatic hydroxyl groups is 2. The predicted molar refractivity (Wildman–Crippen MR) is 99.0 cm³/mol. The fourth-order valence-electron chi connectivity index (χ4n) is 3.56. The van der Waals surface area contributed by atoms with Crippen LogP contribution in [0.4, 0.5) is 13.2 Å². The van der Waals surface area contributed by atoms with Gasteiger partial charge in [0.15, 0.2) is 0 Å². The fourth-order valence-corrected chi connectivity index (χ4v) is 3.56. The molecule has 1 saturated heterocycles. The normalized spacial score (nSPS) is 18.6. The highest BCUT2D eigenvalue weighted by Crippen LogP contribution is 2.36. The highest BCUT2D eigenvalue weighted by atomic mass is 19.4. The molecular weight excluding hydrogens is 371 g/mol. The molecule has 1 unspecified atom stereocenters. The Kier molecular flexibility index (Phi) is 5.98. The van der Waals surface area contributed by atoms with Crippen LogP contribution in [0, 0.1) is 0 Å². The minimum Gasteiger partial charge on any atom is -0.497 e. The van der Waals surface area contributed by atoms with Crippen LogP contribution < -0.4 is 4.74 Å². The molecule has 152 valence electrons. The van der Waals surface area contributed by atoms with Crippen molar-refractivity contribution in [2.75, 3.05) is 26.7 Å². The van der Waals surface area contributed by atoms with Crippen molar-refractivity contribution in [3.63, 3.8) is 0 Å². The van der Waals surface area contributed by atoms with E-state index in [0.717, 1.165) is 17.7 Å². The third-order valence-corrected chi connectivity index (χ3v) is 5.34. The molecule has 0 aromatic heterocycles. The summed E-state index contributed by atoms with van der Waals surface area (Å²) in [5.74, 6) is 0.673. The second-order valence-electron chi connectivity index (χ2n) is 7.20. The molecule has 0 spiro atoms. The predicted octanol–water partition coefficient (Wildman–Crippen LogP) is 3.73. The molecule has 0 radical (unpaired) electrons. The van der Waals surface area contributed by atoms with E-state index in [4.69, 9.17) is 4.74 Å². The number of β-amino-alcohol motifs (C(OH)–C–C–N with tert-alkyl or cyclic N) is 1. The number of aliphatic hydroxyl groups excluding tert-OH is 1. The first-order chi connectivity index (χ1) is 13.2. The molecule has 1 aliphatic rings. The van der Waals surface area contributed by atoms with E-state index in [2.05, 4.69) is 0 Å². The van der Waals surface area contributed by atoms with Crippen LogP contribution in [0.5, 0.6) is 5.75 Å². The smallest absolute Gasteiger partial charge is 0.416 e. The lowest BCUT2D eigenvalue weighted by atomic mass is 9.84. The van der Waals surface area contributed by atoms with Gasteiger partial charge in [-0.25, -0.2) is 0 Å². The number of hydrogen-bond acceptors (Lipinski definition) is 4. The average Bonchev–Trinajstić information content (AvgIpc) is 2.69. The summed E-state index contributed by atoms with van der Waals surface area (Å²) in [7, 11) is 1.57. The van der Waals surface area contributed by atoms with Gasteiger partial charge in [0.05, 0.1) is 24.4 Å². The number of methoxy groups -OCH3 is 1. The summed E-state index contributed by atoms with van der Waals surface area (Å²) in [6.07, 6.45) is -4.29. The van der Waals surface area contributed by atoms with Crippen molar-refractivity contribution in [3.8, 4) is 5.75 Å². The number of ether oxygens (including phenoxy) is 1. The van der Waals surface area contributed by atoms with E-state index in [1.165, 1.54) is 12.1 Å². The maximum atomic E-state index is 12.7. The summed E-state index contributed by atoms with van der Waals surface area (Å²) in [4.78, 5) is 2.04. The molecule has 1 fully saturated rings. The van der Waals surface area contributed by atoms with Crippen molar-refractivity contribution in [1.29, 1.82) is 0 Å². The van der Waals surface area contributed by atoms with Gasteiger partial charge in [-0.05, 0) is 48.2 Å². The number of alkyl halides is 3. The molecule has 0 amide bonds. The number of halogens is 3. The highest BCUT2D eigenvalue weighted by Gasteiger charge is 2.36. The van der Waals surface area contributed by atoms with Crippen LogP contribution in [0.1, 0.15) is 35.6 Å². The zero-order valence-electron chi connectivity index (χ0n) is 15.6.